The highest BCUT2D eigenvalue weighted by molar-refractivity contribution is 7.89. The van der Waals surface area contributed by atoms with E-state index in [0.717, 1.165) is 10.6 Å². The Morgan fingerprint density at radius 2 is 2.00 bits per heavy atom. The van der Waals surface area contributed by atoms with Crippen molar-refractivity contribution in [3.63, 3.8) is 0 Å². The zero-order valence-corrected chi connectivity index (χ0v) is 15.2. The fraction of sp³-hybridized carbons (Fsp3) is 0.385. The van der Waals surface area contributed by atoms with Gasteiger partial charge in [0, 0.05) is 24.7 Å². The first-order valence-electron chi connectivity index (χ1n) is 6.51. The van der Waals surface area contributed by atoms with Crippen molar-refractivity contribution in [1.29, 1.82) is 0 Å². The van der Waals surface area contributed by atoms with Gasteiger partial charge in [-0.3, -0.25) is 0 Å². The highest BCUT2D eigenvalue weighted by atomic mass is 35.5. The van der Waals surface area contributed by atoms with Crippen LogP contribution in [0.2, 0.25) is 5.02 Å². The van der Waals surface area contributed by atoms with Crippen molar-refractivity contribution >= 4 is 31.6 Å². The minimum absolute atomic E-state index is 0.0209. The number of methoxy groups -OCH3 is 1. The van der Waals surface area contributed by atoms with Gasteiger partial charge in [0.1, 0.15) is 10.6 Å². The van der Waals surface area contributed by atoms with Gasteiger partial charge in [0.05, 0.1) is 13.4 Å². The number of halogens is 1. The lowest BCUT2D eigenvalue weighted by Crippen LogP contribution is -2.38. The van der Waals surface area contributed by atoms with Gasteiger partial charge in [-0.2, -0.15) is 4.31 Å². The minimum atomic E-state index is -3.89. The average Bonchev–Trinajstić information content (AvgIpc) is 2.45. The molecule has 0 bridgehead atoms. The Morgan fingerprint density at radius 3 is 2.52 bits per heavy atom. The van der Waals surface area contributed by atoms with Crippen LogP contribution in [0.15, 0.2) is 35.7 Å². The SMILES string of the molecule is C=CCN(CCNS(=O)(=O)c1cc(Cl)ccc1OC)S(C)(=O)=O. The van der Waals surface area contributed by atoms with Gasteiger partial charge in [0.15, 0.2) is 0 Å². The second kappa shape index (κ2) is 8.11. The molecule has 0 heterocycles. The molecule has 0 saturated heterocycles. The summed E-state index contributed by atoms with van der Waals surface area (Å²) in [4.78, 5) is -0.109. The molecule has 0 unspecified atom stereocenters. The van der Waals surface area contributed by atoms with Crippen molar-refractivity contribution in [2.75, 3.05) is 33.0 Å². The Balaban J connectivity index is 2.88. The molecule has 0 fully saturated rings. The third-order valence-electron chi connectivity index (χ3n) is 2.87. The Labute approximate surface area is 142 Å². The molecule has 1 aromatic rings. The van der Waals surface area contributed by atoms with Crippen molar-refractivity contribution in [3.05, 3.63) is 35.9 Å². The van der Waals surface area contributed by atoms with E-state index in [9.17, 15) is 16.8 Å². The fourth-order valence-corrected chi connectivity index (χ4v) is 4.03. The quantitative estimate of drug-likeness (QED) is 0.645. The first-order chi connectivity index (χ1) is 10.6. The van der Waals surface area contributed by atoms with Crippen LogP contribution in [-0.4, -0.2) is 54.1 Å². The van der Waals surface area contributed by atoms with Crippen LogP contribution in [0.5, 0.6) is 5.75 Å². The summed E-state index contributed by atoms with van der Waals surface area (Å²) in [5.41, 5.74) is 0. The Hall–Kier alpha value is -1.13. The van der Waals surface area contributed by atoms with Crippen LogP contribution in [0.1, 0.15) is 0 Å². The largest absolute Gasteiger partial charge is 0.495 e. The van der Waals surface area contributed by atoms with E-state index >= 15 is 0 Å². The minimum Gasteiger partial charge on any atom is -0.495 e. The zero-order chi connectivity index (χ0) is 17.7. The number of benzene rings is 1. The Bertz CT molecular complexity index is 763. The molecule has 23 heavy (non-hydrogen) atoms. The predicted octanol–water partition coefficient (Wildman–Crippen LogP) is 1.07. The summed E-state index contributed by atoms with van der Waals surface area (Å²) < 4.78 is 56.2. The summed E-state index contributed by atoms with van der Waals surface area (Å²) in [7, 11) is -5.99. The molecule has 0 aliphatic carbocycles. The van der Waals surface area contributed by atoms with Crippen molar-refractivity contribution < 1.29 is 21.6 Å². The van der Waals surface area contributed by atoms with Gasteiger partial charge >= 0.3 is 0 Å². The molecule has 1 N–H and O–H groups in total. The smallest absolute Gasteiger partial charge is 0.244 e. The van der Waals surface area contributed by atoms with Gasteiger partial charge in [0.25, 0.3) is 0 Å². The van der Waals surface area contributed by atoms with Crippen molar-refractivity contribution in [2.45, 2.75) is 4.90 Å². The summed E-state index contributed by atoms with van der Waals surface area (Å²) in [5, 5.41) is 0.246. The third-order valence-corrected chi connectivity index (χ3v) is 5.86. The number of ether oxygens (including phenoxy) is 1. The van der Waals surface area contributed by atoms with E-state index in [1.54, 1.807) is 0 Å². The van der Waals surface area contributed by atoms with E-state index in [2.05, 4.69) is 11.3 Å². The molecule has 0 aliphatic rings. The van der Waals surface area contributed by atoms with E-state index < -0.39 is 20.0 Å². The lowest BCUT2D eigenvalue weighted by Gasteiger charge is -2.18. The molecule has 10 heteroatoms. The topological polar surface area (TPSA) is 92.8 Å². The number of nitrogens with one attached hydrogen (secondary N) is 1. The van der Waals surface area contributed by atoms with Crippen molar-refractivity contribution in [1.82, 2.24) is 9.03 Å². The molecule has 0 aliphatic heterocycles. The van der Waals surface area contributed by atoms with Crippen LogP contribution < -0.4 is 9.46 Å². The van der Waals surface area contributed by atoms with Crippen LogP contribution in [-0.2, 0) is 20.0 Å². The molecule has 0 aromatic heterocycles. The molecule has 1 rings (SSSR count). The summed E-state index contributed by atoms with van der Waals surface area (Å²) in [6.07, 6.45) is 2.47. The normalized spacial score (nSPS) is 12.3. The summed E-state index contributed by atoms with van der Waals surface area (Å²) in [6, 6.07) is 4.22. The monoisotopic (exact) mass is 382 g/mol. The van der Waals surface area contributed by atoms with Crippen molar-refractivity contribution in [2.24, 2.45) is 0 Å². The lowest BCUT2D eigenvalue weighted by atomic mass is 10.3. The first kappa shape index (κ1) is 19.9. The molecular weight excluding hydrogens is 364 g/mol. The van der Waals surface area contributed by atoms with Gasteiger partial charge in [-0.15, -0.1) is 6.58 Å². The second-order valence-electron chi connectivity index (χ2n) is 4.60. The summed E-state index contributed by atoms with van der Waals surface area (Å²) in [5.74, 6) is 0.146. The molecule has 0 saturated carbocycles. The zero-order valence-electron chi connectivity index (χ0n) is 12.8. The average molecular weight is 383 g/mol. The number of sulfonamides is 2. The molecular formula is C13H19ClN2O5S2. The van der Waals surface area contributed by atoms with E-state index in [4.69, 9.17) is 16.3 Å². The highest BCUT2D eigenvalue weighted by Gasteiger charge is 2.21. The van der Waals surface area contributed by atoms with Crippen LogP contribution in [0, 0.1) is 0 Å². The Morgan fingerprint density at radius 1 is 1.35 bits per heavy atom. The van der Waals surface area contributed by atoms with E-state index in [0.29, 0.717) is 0 Å². The predicted molar refractivity (Wildman–Crippen MR) is 89.8 cm³/mol. The third kappa shape index (κ3) is 5.78. The Kier molecular flexibility index (Phi) is 7.02. The fourth-order valence-electron chi connectivity index (χ4n) is 1.78. The van der Waals surface area contributed by atoms with Crippen LogP contribution >= 0.6 is 11.6 Å². The maximum absolute atomic E-state index is 12.3. The maximum atomic E-state index is 12.3. The van der Waals surface area contributed by atoms with E-state index in [1.807, 2.05) is 0 Å². The van der Waals surface area contributed by atoms with Gasteiger partial charge in [-0.1, -0.05) is 17.7 Å². The van der Waals surface area contributed by atoms with Gasteiger partial charge in [-0.05, 0) is 18.2 Å². The molecule has 7 nitrogen and oxygen atoms in total. The molecule has 130 valence electrons. The second-order valence-corrected chi connectivity index (χ2v) is 8.76. The summed E-state index contributed by atoms with van der Waals surface area (Å²) in [6.45, 7) is 3.45. The van der Waals surface area contributed by atoms with Crippen LogP contribution in [0.25, 0.3) is 0 Å². The van der Waals surface area contributed by atoms with Crippen LogP contribution in [0.4, 0.5) is 0 Å². The molecule has 0 spiro atoms. The molecule has 1 aromatic carbocycles. The molecule has 0 atom stereocenters. The number of nitrogens with zero attached hydrogens (tertiary/aromatic N) is 1. The first-order valence-corrected chi connectivity index (χ1v) is 10.2. The standard InChI is InChI=1S/C13H19ClN2O5S2/c1-4-8-16(22(3,17)18)9-7-15-23(19,20)13-10-11(14)5-6-12(13)21-2/h4-6,10,15H,1,7-9H2,2-3H3. The van der Waals surface area contributed by atoms with Gasteiger partial charge in [-0.25, -0.2) is 21.6 Å². The highest BCUT2D eigenvalue weighted by Crippen LogP contribution is 2.26. The van der Waals surface area contributed by atoms with Gasteiger partial charge < -0.3 is 4.74 Å². The van der Waals surface area contributed by atoms with Crippen molar-refractivity contribution in [3.8, 4) is 5.75 Å². The molecule has 0 amide bonds. The maximum Gasteiger partial charge on any atom is 0.244 e. The number of rotatable bonds is 9. The van der Waals surface area contributed by atoms with Gasteiger partial charge in [0.2, 0.25) is 20.0 Å². The number of hydrogen-bond acceptors (Lipinski definition) is 5. The van der Waals surface area contributed by atoms with E-state index in [1.165, 1.54) is 31.4 Å². The molecule has 0 radical (unpaired) electrons. The lowest BCUT2D eigenvalue weighted by molar-refractivity contribution is 0.402. The number of hydrogen-bond donors (Lipinski definition) is 1. The summed E-state index contributed by atoms with van der Waals surface area (Å²) >= 11 is 5.82. The van der Waals surface area contributed by atoms with E-state index in [-0.39, 0.29) is 35.3 Å². The van der Waals surface area contributed by atoms with Crippen LogP contribution in [0.3, 0.4) is 0 Å².